The average Bonchev–Trinajstić information content (AvgIpc) is 3.21. The average molecular weight is 479 g/mol. The Morgan fingerprint density at radius 2 is 1.84 bits per heavy atom. The normalized spacial score (nSPS) is 18.7. The second kappa shape index (κ2) is 13.4. The van der Waals surface area contributed by atoms with Crippen molar-refractivity contribution in [3.63, 3.8) is 0 Å². The second-order valence-electron chi connectivity index (χ2n) is 7.15. The molecule has 13 heteroatoms. The number of hydrogen-bond acceptors (Lipinski definition) is 8. The van der Waals surface area contributed by atoms with E-state index in [0.29, 0.717) is 31.6 Å². The van der Waals surface area contributed by atoms with Crippen LogP contribution >= 0.6 is 24.4 Å². The summed E-state index contributed by atoms with van der Waals surface area (Å²) in [6.07, 6.45) is 2.69. The van der Waals surface area contributed by atoms with Crippen LogP contribution in [0.15, 0.2) is 0 Å². The van der Waals surface area contributed by atoms with E-state index in [2.05, 4.69) is 23.3 Å². The summed E-state index contributed by atoms with van der Waals surface area (Å²) in [7, 11) is 0. The number of aliphatic carboxylic acids is 2. The maximum absolute atomic E-state index is 12.8. The number of carbonyl (C=O) groups excluding carboxylic acids is 3. The first-order chi connectivity index (χ1) is 14.6. The minimum Gasteiger partial charge on any atom is -0.481 e. The molecule has 4 atom stereocenters. The number of rotatable bonds is 13. The molecule has 3 amide bonds. The van der Waals surface area contributed by atoms with Gasteiger partial charge in [-0.25, -0.2) is 4.79 Å². The van der Waals surface area contributed by atoms with Crippen molar-refractivity contribution < 1.29 is 34.2 Å². The molecule has 6 N–H and O–H groups in total. The third kappa shape index (κ3) is 8.57. The quantitative estimate of drug-likeness (QED) is 0.179. The minimum atomic E-state index is -1.31. The first-order valence-electron chi connectivity index (χ1n) is 9.83. The van der Waals surface area contributed by atoms with Gasteiger partial charge in [0, 0.05) is 18.7 Å². The summed E-state index contributed by atoms with van der Waals surface area (Å²) in [6.45, 7) is 0.358. The Morgan fingerprint density at radius 1 is 1.16 bits per heavy atom. The number of thiol groups is 1. The molecule has 11 nitrogen and oxygen atoms in total. The second-order valence-corrected chi connectivity index (χ2v) is 8.50. The summed E-state index contributed by atoms with van der Waals surface area (Å²) in [5.74, 6) is -3.74. The van der Waals surface area contributed by atoms with Crippen LogP contribution in [0.2, 0.25) is 0 Å². The van der Waals surface area contributed by atoms with E-state index in [1.54, 1.807) is 11.8 Å². The Hall–Kier alpha value is -1.99. The summed E-state index contributed by atoms with van der Waals surface area (Å²) < 4.78 is 0. The van der Waals surface area contributed by atoms with Crippen LogP contribution in [0, 0.1) is 0 Å². The van der Waals surface area contributed by atoms with Crippen LogP contribution in [0.25, 0.3) is 0 Å². The van der Waals surface area contributed by atoms with Crippen molar-refractivity contribution in [2.45, 2.75) is 56.3 Å². The van der Waals surface area contributed by atoms with Crippen molar-refractivity contribution in [2.75, 3.05) is 24.3 Å². The van der Waals surface area contributed by atoms with Gasteiger partial charge in [-0.2, -0.15) is 24.4 Å². The predicted molar refractivity (Wildman–Crippen MR) is 118 cm³/mol. The van der Waals surface area contributed by atoms with Gasteiger partial charge in [0.2, 0.25) is 17.7 Å². The first kappa shape index (κ1) is 27.0. The number of nitrogens with one attached hydrogen (secondary N) is 2. The maximum atomic E-state index is 12.8. The van der Waals surface area contributed by atoms with Crippen LogP contribution in [0.5, 0.6) is 0 Å². The highest BCUT2D eigenvalue weighted by Crippen LogP contribution is 2.19. The molecule has 0 radical (unpaired) electrons. The Balaban J connectivity index is 2.88. The molecule has 31 heavy (non-hydrogen) atoms. The van der Waals surface area contributed by atoms with Crippen LogP contribution in [-0.4, -0.2) is 93.2 Å². The number of carboxylic acid groups (broad SMARTS) is 2. The van der Waals surface area contributed by atoms with Gasteiger partial charge in [-0.05, 0) is 37.7 Å². The van der Waals surface area contributed by atoms with Crippen molar-refractivity contribution in [3.05, 3.63) is 0 Å². The van der Waals surface area contributed by atoms with Gasteiger partial charge in [0.05, 0.1) is 6.04 Å². The molecule has 1 fully saturated rings. The molecule has 0 spiro atoms. The van der Waals surface area contributed by atoms with E-state index in [-0.39, 0.29) is 18.1 Å². The smallest absolute Gasteiger partial charge is 0.327 e. The summed E-state index contributed by atoms with van der Waals surface area (Å²) in [4.78, 5) is 61.4. The van der Waals surface area contributed by atoms with E-state index < -0.39 is 54.3 Å². The highest BCUT2D eigenvalue weighted by atomic mass is 32.2. The van der Waals surface area contributed by atoms with Crippen molar-refractivity contribution >= 4 is 54.1 Å². The fourth-order valence-corrected chi connectivity index (χ4v) is 3.88. The third-order valence-electron chi connectivity index (χ3n) is 4.87. The van der Waals surface area contributed by atoms with Gasteiger partial charge in [0.15, 0.2) is 0 Å². The summed E-state index contributed by atoms with van der Waals surface area (Å²) in [5, 5.41) is 22.7. The Kier molecular flexibility index (Phi) is 11.7. The molecule has 4 unspecified atom stereocenters. The number of thioether (sulfide) groups is 1. The lowest BCUT2D eigenvalue weighted by Gasteiger charge is -2.28. The molecule has 1 heterocycles. The van der Waals surface area contributed by atoms with E-state index in [4.69, 9.17) is 15.9 Å². The molecule has 1 aliphatic heterocycles. The van der Waals surface area contributed by atoms with Gasteiger partial charge in [0.25, 0.3) is 0 Å². The molecular formula is C18H30N4O7S2. The molecule has 0 aromatic rings. The van der Waals surface area contributed by atoms with E-state index in [9.17, 15) is 24.0 Å². The van der Waals surface area contributed by atoms with Crippen molar-refractivity contribution in [2.24, 2.45) is 5.73 Å². The molecule has 0 saturated carbocycles. The molecule has 0 aromatic carbocycles. The summed E-state index contributed by atoms with van der Waals surface area (Å²) >= 11 is 5.42. The molecule has 0 bridgehead atoms. The Bertz CT molecular complexity index is 679. The topological polar surface area (TPSA) is 179 Å². The predicted octanol–water partition coefficient (Wildman–Crippen LogP) is -1.09. The third-order valence-corrected chi connectivity index (χ3v) is 5.87. The van der Waals surface area contributed by atoms with Crippen LogP contribution in [0.1, 0.15) is 32.1 Å². The van der Waals surface area contributed by atoms with E-state index >= 15 is 0 Å². The lowest BCUT2D eigenvalue weighted by molar-refractivity contribution is -0.143. The van der Waals surface area contributed by atoms with E-state index in [1.807, 2.05) is 6.26 Å². The number of amides is 3. The van der Waals surface area contributed by atoms with Crippen molar-refractivity contribution in [3.8, 4) is 0 Å². The first-order valence-corrected chi connectivity index (χ1v) is 11.9. The molecule has 176 valence electrons. The van der Waals surface area contributed by atoms with Crippen LogP contribution in [0.4, 0.5) is 0 Å². The van der Waals surface area contributed by atoms with Gasteiger partial charge < -0.3 is 31.5 Å². The molecule has 1 saturated heterocycles. The fourth-order valence-electron chi connectivity index (χ4n) is 3.15. The minimum absolute atomic E-state index is 0.181. The zero-order chi connectivity index (χ0) is 23.6. The summed E-state index contributed by atoms with van der Waals surface area (Å²) in [6, 6.07) is -4.13. The monoisotopic (exact) mass is 478 g/mol. The number of likely N-dealkylation sites (tertiary alicyclic amines) is 1. The zero-order valence-corrected chi connectivity index (χ0v) is 19.0. The van der Waals surface area contributed by atoms with Crippen LogP contribution < -0.4 is 16.4 Å². The van der Waals surface area contributed by atoms with Gasteiger partial charge in [0.1, 0.15) is 18.1 Å². The van der Waals surface area contributed by atoms with Gasteiger partial charge in [-0.3, -0.25) is 19.2 Å². The summed E-state index contributed by atoms with van der Waals surface area (Å²) in [5.41, 5.74) is 5.95. The van der Waals surface area contributed by atoms with Crippen molar-refractivity contribution in [1.82, 2.24) is 15.5 Å². The molecule has 1 rings (SSSR count). The number of hydrogen-bond donors (Lipinski definition) is 6. The maximum Gasteiger partial charge on any atom is 0.327 e. The highest BCUT2D eigenvalue weighted by Gasteiger charge is 2.37. The largest absolute Gasteiger partial charge is 0.481 e. The van der Waals surface area contributed by atoms with Crippen LogP contribution in [-0.2, 0) is 24.0 Å². The number of carboxylic acids is 2. The molecular weight excluding hydrogens is 448 g/mol. The van der Waals surface area contributed by atoms with E-state index in [1.165, 1.54) is 4.90 Å². The number of nitrogens with zero attached hydrogens (tertiary/aromatic N) is 1. The Labute approximate surface area is 190 Å². The SMILES string of the molecule is CSCCC(N)C(=O)N1CCCC1C(=O)NC(CCC(=O)O)C(=O)NC(CS)C(=O)O. The lowest BCUT2D eigenvalue weighted by atomic mass is 10.1. The molecule has 1 aliphatic rings. The molecule has 0 aromatic heterocycles. The number of carbonyl (C=O) groups is 5. The van der Waals surface area contributed by atoms with Gasteiger partial charge >= 0.3 is 11.9 Å². The standard InChI is InChI=1S/C18H30N4O7S2/c1-31-8-6-10(19)17(27)22-7-2-3-13(22)16(26)20-11(4-5-14(23)24)15(25)21-12(9-30)18(28)29/h10-13,30H,2-9,19H2,1H3,(H,20,26)(H,21,25)(H,23,24)(H,28,29). The highest BCUT2D eigenvalue weighted by molar-refractivity contribution is 7.98. The molecule has 0 aliphatic carbocycles. The van der Waals surface area contributed by atoms with Crippen LogP contribution in [0.3, 0.4) is 0 Å². The van der Waals surface area contributed by atoms with Gasteiger partial charge in [-0.15, -0.1) is 0 Å². The fraction of sp³-hybridized carbons (Fsp3) is 0.722. The van der Waals surface area contributed by atoms with Gasteiger partial charge in [-0.1, -0.05) is 0 Å². The zero-order valence-electron chi connectivity index (χ0n) is 17.3. The van der Waals surface area contributed by atoms with E-state index in [0.717, 1.165) is 0 Å². The number of nitrogens with two attached hydrogens (primary N) is 1. The Morgan fingerprint density at radius 3 is 2.39 bits per heavy atom. The lowest BCUT2D eigenvalue weighted by Crippen LogP contribution is -2.57. The van der Waals surface area contributed by atoms with Crippen molar-refractivity contribution in [1.29, 1.82) is 0 Å².